The summed E-state index contributed by atoms with van der Waals surface area (Å²) < 4.78 is 0.716. The van der Waals surface area contributed by atoms with E-state index in [1.54, 1.807) is 11.3 Å². The van der Waals surface area contributed by atoms with E-state index in [1.807, 2.05) is 17.5 Å². The molecule has 2 aromatic heterocycles. The Hall–Kier alpha value is 1.61. The number of thiophene rings is 1. The molecule has 0 saturated heterocycles. The molecule has 0 atom stereocenters. The van der Waals surface area contributed by atoms with Gasteiger partial charge in [0.1, 0.15) is 0 Å². The molecule has 0 amide bonds. The van der Waals surface area contributed by atoms with Crippen LogP contribution in [0.4, 0.5) is 0 Å². The van der Waals surface area contributed by atoms with Gasteiger partial charge in [-0.15, -0.1) is 34.2 Å². The van der Waals surface area contributed by atoms with Crippen molar-refractivity contribution < 1.29 is 0 Å². The van der Waals surface area contributed by atoms with E-state index < -0.39 is 0 Å². The number of aromatic nitrogens is 2. The van der Waals surface area contributed by atoms with Crippen molar-refractivity contribution in [3.63, 3.8) is 0 Å². The van der Waals surface area contributed by atoms with Gasteiger partial charge in [-0.1, -0.05) is 17.4 Å². The predicted molar refractivity (Wildman–Crippen MR) is 64.8 cm³/mol. The molecular weight excluding hydrogens is 242 g/mol. The van der Waals surface area contributed by atoms with Crippen molar-refractivity contribution in [2.75, 3.05) is 0 Å². The number of hydrogen-bond donors (Lipinski definition) is 1. The van der Waals surface area contributed by atoms with Crippen molar-refractivity contribution in [2.24, 2.45) is 0 Å². The molecule has 2 nitrogen and oxygen atoms in total. The van der Waals surface area contributed by atoms with Crippen LogP contribution in [0.3, 0.4) is 0 Å². The van der Waals surface area contributed by atoms with Crippen LogP contribution in [0.5, 0.6) is 0 Å². The van der Waals surface area contributed by atoms with Crippen molar-refractivity contribution in [2.45, 2.75) is 4.34 Å². The summed E-state index contributed by atoms with van der Waals surface area (Å²) in [4.78, 5) is 1.16. The molecule has 13 heavy (non-hydrogen) atoms. The predicted octanol–water partition coefficient (Wildman–Crippen LogP) is 1.26. The van der Waals surface area contributed by atoms with E-state index in [-0.39, 0.29) is 59.1 Å². The Kier molecular flexibility index (Phi) is 7.84. The second-order valence-corrected chi connectivity index (χ2v) is 4.52. The van der Waals surface area contributed by atoms with Gasteiger partial charge in [0.15, 0.2) is 9.35 Å². The maximum atomic E-state index is 4.09. The van der Waals surface area contributed by atoms with Gasteiger partial charge in [0.25, 0.3) is 0 Å². The summed E-state index contributed by atoms with van der Waals surface area (Å²) >= 11 is 7.25. The molecule has 0 saturated carbocycles. The molecule has 0 fully saturated rings. The number of hydrogen-bond acceptors (Lipinski definition) is 5. The van der Waals surface area contributed by atoms with Crippen LogP contribution in [-0.2, 0) is 0 Å². The van der Waals surface area contributed by atoms with E-state index in [1.165, 1.54) is 11.3 Å². The van der Waals surface area contributed by atoms with Crippen molar-refractivity contribution in [1.29, 1.82) is 0 Å². The zero-order valence-electron chi connectivity index (χ0n) is 5.39. The van der Waals surface area contributed by atoms with Crippen molar-refractivity contribution in [3.05, 3.63) is 17.5 Å². The zero-order valence-corrected chi connectivity index (χ0v) is 7.92. The molecule has 2 heterocycles. The monoisotopic (exact) mass is 248 g/mol. The molecule has 0 spiro atoms. The first kappa shape index (κ1) is 14.6. The third-order valence-corrected chi connectivity index (χ3v) is 3.27. The molecule has 2 rings (SSSR count). The molecule has 7 heteroatoms. The minimum atomic E-state index is 0. The number of rotatable bonds is 1. The quantitative estimate of drug-likeness (QED) is 0.607. The topological polar surface area (TPSA) is 25.8 Å². The Morgan fingerprint density at radius 1 is 1.23 bits per heavy atom. The van der Waals surface area contributed by atoms with Crippen molar-refractivity contribution in [3.8, 4) is 9.88 Å². The van der Waals surface area contributed by atoms with E-state index in [4.69, 9.17) is 0 Å². The zero-order chi connectivity index (χ0) is 7.68. The third-order valence-electron chi connectivity index (χ3n) is 1.15. The Morgan fingerprint density at radius 2 is 2.00 bits per heavy atom. The van der Waals surface area contributed by atoms with Gasteiger partial charge in [-0.25, -0.2) is 0 Å². The van der Waals surface area contributed by atoms with Crippen LogP contribution in [0, 0.1) is 0 Å². The van der Waals surface area contributed by atoms with Crippen LogP contribution >= 0.6 is 35.3 Å². The van der Waals surface area contributed by atoms with E-state index >= 15 is 0 Å². The fourth-order valence-corrected chi connectivity index (χ4v) is 2.40. The van der Waals surface area contributed by atoms with Crippen LogP contribution in [0.2, 0.25) is 0 Å². The van der Waals surface area contributed by atoms with Crippen LogP contribution in [0.15, 0.2) is 21.9 Å². The molecule has 0 aliphatic rings. The second kappa shape index (κ2) is 6.98. The van der Waals surface area contributed by atoms with Crippen LogP contribution in [0.25, 0.3) is 9.88 Å². The first-order valence-electron chi connectivity index (χ1n) is 2.92. The average molecular weight is 248 g/mol. The third kappa shape index (κ3) is 3.93. The van der Waals surface area contributed by atoms with Crippen molar-refractivity contribution >= 4 is 94.4 Å². The summed E-state index contributed by atoms with van der Waals surface area (Å²) in [5, 5.41) is 10.7. The molecular formula is C6H6N2Na2S3. The number of thiol groups is 1. The molecule has 0 radical (unpaired) electrons. The Balaban J connectivity index is 0.000000720. The van der Waals surface area contributed by atoms with Gasteiger partial charge in [0.05, 0.1) is 4.88 Å². The second-order valence-electron chi connectivity index (χ2n) is 1.87. The standard InChI is InChI=1S/C6H4N2S3.2Na.2H/c9-6-8-7-5(11-6)4-2-1-3-10-4;;;;/h1-3H,(H,8,9);;;;. The van der Waals surface area contributed by atoms with Gasteiger partial charge in [-0.3, -0.25) is 0 Å². The Labute approximate surface area is 134 Å². The summed E-state index contributed by atoms with van der Waals surface area (Å²) in [5.74, 6) is 0. The fraction of sp³-hybridized carbons (Fsp3) is 0. The minimum absolute atomic E-state index is 0. The molecule has 0 unspecified atom stereocenters. The van der Waals surface area contributed by atoms with E-state index in [2.05, 4.69) is 22.8 Å². The van der Waals surface area contributed by atoms with Gasteiger partial charge in [-0.05, 0) is 11.4 Å². The van der Waals surface area contributed by atoms with Crippen molar-refractivity contribution in [1.82, 2.24) is 10.2 Å². The number of nitrogens with zero attached hydrogens (tertiary/aromatic N) is 2. The maximum absolute atomic E-state index is 4.09. The van der Waals surface area contributed by atoms with Crippen LogP contribution in [0.1, 0.15) is 0 Å². The van der Waals surface area contributed by atoms with Crippen LogP contribution < -0.4 is 0 Å². The molecule has 0 bridgehead atoms. The summed E-state index contributed by atoms with van der Waals surface area (Å²) in [7, 11) is 0. The summed E-state index contributed by atoms with van der Waals surface area (Å²) in [5.41, 5.74) is 0. The molecule has 0 aromatic carbocycles. The Morgan fingerprint density at radius 3 is 2.46 bits per heavy atom. The summed E-state index contributed by atoms with van der Waals surface area (Å²) in [6, 6.07) is 4.03. The first-order chi connectivity index (χ1) is 5.36. The molecule has 2 aromatic rings. The fourth-order valence-electron chi connectivity index (χ4n) is 0.715. The summed E-state index contributed by atoms with van der Waals surface area (Å²) in [6.07, 6.45) is 0. The summed E-state index contributed by atoms with van der Waals surface area (Å²) in [6.45, 7) is 0. The average Bonchev–Trinajstić information content (AvgIpc) is 2.55. The SMILES string of the molecule is Sc1nnc(-c2cccs2)s1.[NaH].[NaH]. The molecule has 0 N–H and O–H groups in total. The normalized spacial score (nSPS) is 8.69. The van der Waals surface area contributed by atoms with E-state index in [0.29, 0.717) is 4.34 Å². The first-order valence-corrected chi connectivity index (χ1v) is 5.07. The van der Waals surface area contributed by atoms with Gasteiger partial charge in [-0.2, -0.15) is 0 Å². The van der Waals surface area contributed by atoms with Gasteiger partial charge >= 0.3 is 59.1 Å². The molecule has 60 valence electrons. The molecule has 0 aliphatic heterocycles. The van der Waals surface area contributed by atoms with E-state index in [0.717, 1.165) is 9.88 Å². The Bertz CT molecular complexity index is 346. The van der Waals surface area contributed by atoms with Crippen LogP contribution in [-0.4, -0.2) is 69.3 Å². The van der Waals surface area contributed by atoms with Gasteiger partial charge < -0.3 is 0 Å². The van der Waals surface area contributed by atoms with Gasteiger partial charge in [0.2, 0.25) is 0 Å². The van der Waals surface area contributed by atoms with Gasteiger partial charge in [0, 0.05) is 0 Å². The van der Waals surface area contributed by atoms with E-state index in [9.17, 15) is 0 Å². The molecule has 0 aliphatic carbocycles.